The Morgan fingerprint density at radius 3 is 2.02 bits per heavy atom. The number of benzene rings is 2. The Morgan fingerprint density at radius 2 is 1.46 bits per heavy atom. The molecule has 0 aliphatic rings. The van der Waals surface area contributed by atoms with E-state index in [0.717, 1.165) is 5.56 Å². The molecular weight excluding hydrogens is 529 g/mol. The molecule has 3 atom stereocenters. The molecule has 222 valence electrons. The maximum Gasteiger partial charge on any atom is 0.326 e. The number of carboxylic acids is 1. The van der Waals surface area contributed by atoms with Gasteiger partial charge in [-0.15, -0.1) is 0 Å². The fraction of sp³-hybridized carbons (Fsp3) is 0.419. The average molecular weight is 570 g/mol. The van der Waals surface area contributed by atoms with Gasteiger partial charge in [0, 0.05) is 12.5 Å². The molecule has 0 fully saturated rings. The van der Waals surface area contributed by atoms with Crippen molar-refractivity contribution in [1.82, 2.24) is 16.0 Å². The molecule has 0 heterocycles. The van der Waals surface area contributed by atoms with E-state index in [1.165, 1.54) is 36.4 Å². The Labute approximate surface area is 240 Å². The van der Waals surface area contributed by atoms with Crippen LogP contribution in [-0.4, -0.2) is 59.1 Å². The summed E-state index contributed by atoms with van der Waals surface area (Å²) in [5, 5.41) is 17.4. The zero-order valence-corrected chi connectivity index (χ0v) is 24.1. The zero-order chi connectivity index (χ0) is 30.6. The van der Waals surface area contributed by atoms with E-state index in [4.69, 9.17) is 4.74 Å². The van der Waals surface area contributed by atoms with Gasteiger partial charge >= 0.3 is 5.97 Å². The summed E-state index contributed by atoms with van der Waals surface area (Å²) < 4.78 is 18.9. The zero-order valence-electron chi connectivity index (χ0n) is 24.1. The third kappa shape index (κ3) is 12.8. The Hall–Kier alpha value is -4.05. The lowest BCUT2D eigenvalue weighted by molar-refractivity contribution is -0.143. The van der Waals surface area contributed by atoms with E-state index in [2.05, 4.69) is 16.0 Å². The second-order valence-electron chi connectivity index (χ2n) is 11.1. The molecule has 2 rings (SSSR count). The van der Waals surface area contributed by atoms with E-state index in [1.807, 2.05) is 19.9 Å². The van der Waals surface area contributed by atoms with E-state index in [1.54, 1.807) is 45.0 Å². The molecule has 0 saturated heterocycles. The quantitative estimate of drug-likeness (QED) is 0.258. The van der Waals surface area contributed by atoms with Crippen molar-refractivity contribution in [1.29, 1.82) is 0 Å². The van der Waals surface area contributed by atoms with Crippen molar-refractivity contribution in [2.24, 2.45) is 5.92 Å². The highest BCUT2D eigenvalue weighted by atomic mass is 19.1. The predicted molar refractivity (Wildman–Crippen MR) is 154 cm³/mol. The van der Waals surface area contributed by atoms with Gasteiger partial charge < -0.3 is 25.8 Å². The molecule has 0 aromatic heterocycles. The molecule has 41 heavy (non-hydrogen) atoms. The van der Waals surface area contributed by atoms with Crippen LogP contribution in [0.4, 0.5) is 4.39 Å². The lowest BCUT2D eigenvalue weighted by atomic mass is 10.0. The maximum absolute atomic E-state index is 13.5. The summed E-state index contributed by atoms with van der Waals surface area (Å²) in [6.45, 7) is 8.82. The molecule has 0 saturated carbocycles. The number of carbonyl (C=O) groups is 4. The van der Waals surface area contributed by atoms with Crippen LogP contribution in [0.25, 0.3) is 6.08 Å². The summed E-state index contributed by atoms with van der Waals surface area (Å²) in [6.07, 6.45) is 3.05. The highest BCUT2D eigenvalue weighted by Crippen LogP contribution is 2.11. The van der Waals surface area contributed by atoms with Gasteiger partial charge in [-0.25, -0.2) is 9.18 Å². The SMILES string of the molecule is CC(C)C[C@H](NC(=O)[C@H](COC(C)(C)C)NC(=O)[C@H](Cc1ccccc1)NC(=O)/C=C/c1ccc(F)cc1)C(=O)O. The first kappa shape index (κ1) is 33.2. The predicted octanol–water partition coefficient (Wildman–Crippen LogP) is 3.48. The van der Waals surface area contributed by atoms with Crippen LogP contribution >= 0.6 is 0 Å². The molecule has 0 aliphatic carbocycles. The van der Waals surface area contributed by atoms with Gasteiger partial charge in [0.2, 0.25) is 17.7 Å². The van der Waals surface area contributed by atoms with Crippen molar-refractivity contribution >= 4 is 29.8 Å². The van der Waals surface area contributed by atoms with Crippen LogP contribution in [0.5, 0.6) is 0 Å². The molecule has 4 N–H and O–H groups in total. The van der Waals surface area contributed by atoms with Crippen LogP contribution in [0.3, 0.4) is 0 Å². The first-order chi connectivity index (χ1) is 19.2. The molecule has 0 aliphatic heterocycles. The summed E-state index contributed by atoms with van der Waals surface area (Å²) in [7, 11) is 0. The second kappa shape index (κ2) is 15.7. The van der Waals surface area contributed by atoms with Gasteiger partial charge in [0.05, 0.1) is 12.2 Å². The number of halogens is 1. The van der Waals surface area contributed by atoms with E-state index in [0.29, 0.717) is 5.56 Å². The number of ether oxygens (including phenoxy) is 1. The van der Waals surface area contributed by atoms with Crippen LogP contribution in [0.15, 0.2) is 60.7 Å². The van der Waals surface area contributed by atoms with Crippen LogP contribution < -0.4 is 16.0 Å². The molecule has 2 aromatic rings. The minimum absolute atomic E-state index is 0.00342. The highest BCUT2D eigenvalue weighted by molar-refractivity contribution is 5.97. The largest absolute Gasteiger partial charge is 0.480 e. The van der Waals surface area contributed by atoms with Crippen molar-refractivity contribution in [3.05, 3.63) is 77.6 Å². The van der Waals surface area contributed by atoms with Crippen LogP contribution in [-0.2, 0) is 30.3 Å². The van der Waals surface area contributed by atoms with E-state index < -0.39 is 53.2 Å². The fourth-order valence-corrected chi connectivity index (χ4v) is 3.78. The number of nitrogens with one attached hydrogen (secondary N) is 3. The second-order valence-corrected chi connectivity index (χ2v) is 11.1. The molecule has 10 heteroatoms. The lowest BCUT2D eigenvalue weighted by Crippen LogP contribution is -2.58. The minimum Gasteiger partial charge on any atom is -0.480 e. The standard InChI is InChI=1S/C31H40FN3O6/c1-20(2)17-25(30(39)40)34-29(38)26(19-41-31(3,4)5)35-28(37)24(18-22-9-7-6-8-10-22)33-27(36)16-13-21-11-14-23(32)15-12-21/h6-16,20,24-26H,17-19H2,1-5H3,(H,33,36)(H,34,38)(H,35,37)(H,39,40)/b16-13+/t24-,25-,26-/m0/s1. The summed E-state index contributed by atoms with van der Waals surface area (Å²) in [5.41, 5.74) is 0.720. The molecule has 9 nitrogen and oxygen atoms in total. The molecule has 0 spiro atoms. The lowest BCUT2D eigenvalue weighted by Gasteiger charge is -2.27. The van der Waals surface area contributed by atoms with Gasteiger partial charge in [-0.1, -0.05) is 56.3 Å². The van der Waals surface area contributed by atoms with Crippen LogP contribution in [0.1, 0.15) is 52.2 Å². The number of carboxylic acid groups (broad SMARTS) is 1. The van der Waals surface area contributed by atoms with Gasteiger partial charge in [0.1, 0.15) is 23.9 Å². The first-order valence-corrected chi connectivity index (χ1v) is 13.5. The number of hydrogen-bond acceptors (Lipinski definition) is 5. The fourth-order valence-electron chi connectivity index (χ4n) is 3.78. The Balaban J connectivity index is 2.25. The van der Waals surface area contributed by atoms with Crippen molar-refractivity contribution < 1.29 is 33.4 Å². The number of hydrogen-bond donors (Lipinski definition) is 4. The van der Waals surface area contributed by atoms with Crippen LogP contribution in [0.2, 0.25) is 0 Å². The average Bonchev–Trinajstić information content (AvgIpc) is 2.89. The molecule has 0 unspecified atom stereocenters. The maximum atomic E-state index is 13.5. The topological polar surface area (TPSA) is 134 Å². The van der Waals surface area contributed by atoms with Crippen molar-refractivity contribution in [3.8, 4) is 0 Å². The van der Waals surface area contributed by atoms with E-state index in [9.17, 15) is 28.7 Å². The number of amides is 3. The van der Waals surface area contributed by atoms with Gasteiger partial charge in [-0.3, -0.25) is 14.4 Å². The van der Waals surface area contributed by atoms with Crippen molar-refractivity contribution in [2.75, 3.05) is 6.61 Å². The molecule has 3 amide bonds. The van der Waals surface area contributed by atoms with Crippen molar-refractivity contribution in [2.45, 2.75) is 71.2 Å². The van der Waals surface area contributed by atoms with Gasteiger partial charge in [0.25, 0.3) is 0 Å². The van der Waals surface area contributed by atoms with Gasteiger partial charge in [-0.05, 0) is 62.4 Å². The Morgan fingerprint density at radius 1 is 0.878 bits per heavy atom. The Bertz CT molecular complexity index is 1190. The number of rotatable bonds is 14. The molecular formula is C31H40FN3O6. The normalized spacial score (nSPS) is 13.8. The molecule has 0 radical (unpaired) electrons. The smallest absolute Gasteiger partial charge is 0.326 e. The monoisotopic (exact) mass is 569 g/mol. The third-order valence-electron chi connectivity index (χ3n) is 5.85. The first-order valence-electron chi connectivity index (χ1n) is 13.5. The Kier molecular flexibility index (Phi) is 12.7. The summed E-state index contributed by atoms with van der Waals surface area (Å²) in [4.78, 5) is 51.2. The molecule has 2 aromatic carbocycles. The summed E-state index contributed by atoms with van der Waals surface area (Å²) in [5.74, 6) is -3.51. The van der Waals surface area contributed by atoms with Gasteiger partial charge in [0.15, 0.2) is 0 Å². The van der Waals surface area contributed by atoms with E-state index >= 15 is 0 Å². The summed E-state index contributed by atoms with van der Waals surface area (Å²) in [6, 6.07) is 11.1. The summed E-state index contributed by atoms with van der Waals surface area (Å²) >= 11 is 0. The number of carbonyl (C=O) groups excluding carboxylic acids is 3. The minimum atomic E-state index is -1.22. The van der Waals surface area contributed by atoms with Crippen LogP contribution in [0, 0.1) is 11.7 Å². The van der Waals surface area contributed by atoms with Crippen molar-refractivity contribution in [3.63, 3.8) is 0 Å². The number of aliphatic carboxylic acids is 1. The highest BCUT2D eigenvalue weighted by Gasteiger charge is 2.31. The van der Waals surface area contributed by atoms with Gasteiger partial charge in [-0.2, -0.15) is 0 Å². The molecule has 0 bridgehead atoms. The third-order valence-corrected chi connectivity index (χ3v) is 5.85. The van der Waals surface area contributed by atoms with E-state index in [-0.39, 0.29) is 25.4 Å².